The van der Waals surface area contributed by atoms with E-state index in [4.69, 9.17) is 15.9 Å². The quantitative estimate of drug-likeness (QED) is 0.0520. The number of aliphatic hydroxyl groups is 1. The zero-order chi connectivity index (χ0) is 29.8. The van der Waals surface area contributed by atoms with Crippen molar-refractivity contribution in [2.45, 2.75) is 64.3 Å². The van der Waals surface area contributed by atoms with Gasteiger partial charge in [-0.25, -0.2) is 4.79 Å². The second-order valence-electron chi connectivity index (χ2n) is 9.48. The normalized spacial score (nSPS) is 13.2. The first-order valence-corrected chi connectivity index (χ1v) is 12.0. The van der Waals surface area contributed by atoms with E-state index in [1.165, 1.54) is 31.2 Å². The fourth-order valence-corrected chi connectivity index (χ4v) is 3.06. The maximum Gasteiger partial charge on any atom is 0.408 e. The van der Waals surface area contributed by atoms with Crippen LogP contribution in [-0.4, -0.2) is 76.7 Å². The number of rotatable bonds is 13. The number of nitrogens with two attached hydrogens (primary N) is 1. The number of non-ortho nitro benzene ring substituents is 1. The molecule has 0 saturated carbocycles. The standard InChI is InChI=1S/C23H36N8O8/c1-13(32)18(30-22(36)39-23(2,3)4)20(35)27-12-17(33)29-16(6-5-11-26-21(24)25)19(34)28-14-7-9-15(10-8-14)31(37)38/h7-10,13,16,18,32H,5-6,11-12H2,1-4H3,(H,27,35)(H,28,34)(H,29,33)(H,30,36)(H4,24,25,26)/t13-,16+,18+/m1/s1. The molecule has 0 aliphatic carbocycles. The van der Waals surface area contributed by atoms with E-state index in [0.717, 1.165) is 0 Å². The predicted molar refractivity (Wildman–Crippen MR) is 141 cm³/mol. The number of hydrogen-bond donors (Lipinski definition) is 8. The molecule has 0 aliphatic heterocycles. The van der Waals surface area contributed by atoms with Crippen molar-refractivity contribution in [2.75, 3.05) is 18.4 Å². The minimum absolute atomic E-state index is 0.120. The monoisotopic (exact) mass is 552 g/mol. The van der Waals surface area contributed by atoms with E-state index in [2.05, 4.69) is 26.6 Å². The number of guanidine groups is 1. The molecule has 1 aromatic rings. The summed E-state index contributed by atoms with van der Waals surface area (Å²) < 4.78 is 5.08. The van der Waals surface area contributed by atoms with Crippen molar-refractivity contribution in [3.8, 4) is 0 Å². The molecule has 1 aromatic carbocycles. The van der Waals surface area contributed by atoms with Crippen LogP contribution in [0.3, 0.4) is 0 Å². The summed E-state index contributed by atoms with van der Waals surface area (Å²) in [6.07, 6.45) is -1.80. The molecular formula is C23H36N8O8. The summed E-state index contributed by atoms with van der Waals surface area (Å²) in [4.78, 5) is 60.1. The average molecular weight is 553 g/mol. The van der Waals surface area contributed by atoms with Gasteiger partial charge in [0.1, 0.15) is 17.7 Å². The van der Waals surface area contributed by atoms with Gasteiger partial charge in [0.05, 0.1) is 17.6 Å². The van der Waals surface area contributed by atoms with Crippen LogP contribution in [0.5, 0.6) is 0 Å². The number of aliphatic hydroxyl groups excluding tert-OH is 1. The highest BCUT2D eigenvalue weighted by molar-refractivity contribution is 5.98. The first kappa shape index (κ1) is 32.6. The number of alkyl carbamates (subject to hydrolysis) is 1. The highest BCUT2D eigenvalue weighted by Crippen LogP contribution is 2.16. The molecule has 1 rings (SSSR count). The first-order valence-electron chi connectivity index (χ1n) is 12.0. The van der Waals surface area contributed by atoms with Crippen molar-refractivity contribution < 1.29 is 33.9 Å². The highest BCUT2D eigenvalue weighted by atomic mass is 16.6. The Labute approximate surface area is 225 Å². The first-order chi connectivity index (χ1) is 18.1. The lowest BCUT2D eigenvalue weighted by Gasteiger charge is -2.24. The SMILES string of the molecule is C[C@@H](O)[C@H](NC(=O)OC(C)(C)C)C(=O)NCC(=O)N[C@@H](CCCNC(=N)N)C(=O)Nc1ccc([N+](=O)[O-])cc1. The Bertz CT molecular complexity index is 1040. The molecule has 4 amide bonds. The van der Waals surface area contributed by atoms with E-state index in [-0.39, 0.29) is 30.3 Å². The van der Waals surface area contributed by atoms with Gasteiger partial charge in [0.15, 0.2) is 5.96 Å². The minimum Gasteiger partial charge on any atom is -0.444 e. The van der Waals surface area contributed by atoms with Gasteiger partial charge in [-0.05, 0) is 52.7 Å². The van der Waals surface area contributed by atoms with Gasteiger partial charge in [0.2, 0.25) is 17.7 Å². The fraction of sp³-hybridized carbons (Fsp3) is 0.522. The van der Waals surface area contributed by atoms with Crippen molar-refractivity contribution in [1.29, 1.82) is 5.41 Å². The van der Waals surface area contributed by atoms with Gasteiger partial charge < -0.3 is 42.2 Å². The lowest BCUT2D eigenvalue weighted by Crippen LogP contribution is -2.55. The number of carbonyl (C=O) groups is 4. The van der Waals surface area contributed by atoms with Crippen molar-refractivity contribution in [2.24, 2.45) is 5.73 Å². The number of anilines is 1. The molecule has 0 bridgehead atoms. The number of ether oxygens (including phenoxy) is 1. The molecule has 216 valence electrons. The molecule has 16 nitrogen and oxygen atoms in total. The van der Waals surface area contributed by atoms with E-state index >= 15 is 0 Å². The number of nitro benzene ring substituents is 1. The second-order valence-corrected chi connectivity index (χ2v) is 9.48. The number of hydrogen-bond acceptors (Lipinski definition) is 9. The van der Waals surface area contributed by atoms with Crippen molar-refractivity contribution in [3.63, 3.8) is 0 Å². The van der Waals surface area contributed by atoms with Crippen LogP contribution in [0, 0.1) is 15.5 Å². The van der Waals surface area contributed by atoms with Gasteiger partial charge in [0, 0.05) is 24.4 Å². The number of nitrogens with zero attached hydrogens (tertiary/aromatic N) is 1. The van der Waals surface area contributed by atoms with Gasteiger partial charge in [-0.3, -0.25) is 29.9 Å². The molecule has 0 spiro atoms. The van der Waals surface area contributed by atoms with Gasteiger partial charge >= 0.3 is 6.09 Å². The summed E-state index contributed by atoms with van der Waals surface area (Å²) >= 11 is 0. The molecule has 0 fully saturated rings. The Balaban J connectivity index is 2.81. The van der Waals surface area contributed by atoms with Gasteiger partial charge in [-0.2, -0.15) is 0 Å². The molecule has 39 heavy (non-hydrogen) atoms. The topological polar surface area (TPSA) is 251 Å². The number of nitro groups is 1. The minimum atomic E-state index is -1.41. The van der Waals surface area contributed by atoms with Crippen LogP contribution in [0.15, 0.2) is 24.3 Å². The lowest BCUT2D eigenvalue weighted by atomic mass is 10.1. The van der Waals surface area contributed by atoms with E-state index in [1.54, 1.807) is 20.8 Å². The summed E-state index contributed by atoms with van der Waals surface area (Å²) in [6, 6.07) is 2.59. The summed E-state index contributed by atoms with van der Waals surface area (Å²) in [5, 5.41) is 40.1. The van der Waals surface area contributed by atoms with E-state index in [9.17, 15) is 34.4 Å². The Morgan fingerprint density at radius 3 is 2.23 bits per heavy atom. The molecule has 0 heterocycles. The van der Waals surface area contributed by atoms with Crippen LogP contribution in [0.25, 0.3) is 0 Å². The number of amides is 4. The van der Waals surface area contributed by atoms with E-state index < -0.39 is 59.1 Å². The van der Waals surface area contributed by atoms with Crippen molar-refractivity contribution in [1.82, 2.24) is 21.3 Å². The Morgan fingerprint density at radius 2 is 1.72 bits per heavy atom. The second kappa shape index (κ2) is 15.1. The number of benzene rings is 1. The van der Waals surface area contributed by atoms with Crippen LogP contribution in [-0.2, 0) is 19.1 Å². The fourth-order valence-electron chi connectivity index (χ4n) is 3.06. The Kier molecular flexibility index (Phi) is 12.6. The molecule has 0 radical (unpaired) electrons. The zero-order valence-corrected chi connectivity index (χ0v) is 22.2. The average Bonchev–Trinajstić information content (AvgIpc) is 2.81. The number of nitrogens with one attached hydrogen (secondary N) is 6. The smallest absolute Gasteiger partial charge is 0.408 e. The third-order valence-electron chi connectivity index (χ3n) is 4.84. The van der Waals surface area contributed by atoms with Gasteiger partial charge in [0.25, 0.3) is 5.69 Å². The molecule has 3 atom stereocenters. The molecule has 0 aromatic heterocycles. The van der Waals surface area contributed by atoms with Crippen LogP contribution in [0.2, 0.25) is 0 Å². The molecule has 9 N–H and O–H groups in total. The van der Waals surface area contributed by atoms with Crippen LogP contribution < -0.4 is 32.3 Å². The summed E-state index contributed by atoms with van der Waals surface area (Å²) in [5.74, 6) is -2.49. The Morgan fingerprint density at radius 1 is 1.10 bits per heavy atom. The predicted octanol–water partition coefficient (Wildman–Crippen LogP) is -0.328. The van der Waals surface area contributed by atoms with Crippen LogP contribution in [0.1, 0.15) is 40.5 Å². The maximum atomic E-state index is 12.8. The Hall–Kier alpha value is -4.47. The summed E-state index contributed by atoms with van der Waals surface area (Å²) in [5.41, 5.74) is 4.49. The van der Waals surface area contributed by atoms with Crippen molar-refractivity contribution >= 4 is 41.1 Å². The third-order valence-corrected chi connectivity index (χ3v) is 4.84. The van der Waals surface area contributed by atoms with Gasteiger partial charge in [-0.15, -0.1) is 0 Å². The molecule has 0 aliphatic rings. The van der Waals surface area contributed by atoms with Crippen LogP contribution >= 0.6 is 0 Å². The largest absolute Gasteiger partial charge is 0.444 e. The van der Waals surface area contributed by atoms with Gasteiger partial charge in [-0.1, -0.05) is 0 Å². The molecule has 16 heteroatoms. The molecule has 0 saturated heterocycles. The third kappa shape index (κ3) is 13.1. The summed E-state index contributed by atoms with van der Waals surface area (Å²) in [6.45, 7) is 5.81. The zero-order valence-electron chi connectivity index (χ0n) is 22.2. The van der Waals surface area contributed by atoms with E-state index in [1.807, 2.05) is 0 Å². The van der Waals surface area contributed by atoms with Crippen LogP contribution in [0.4, 0.5) is 16.2 Å². The molecule has 0 unspecified atom stereocenters. The maximum absolute atomic E-state index is 12.8. The van der Waals surface area contributed by atoms with E-state index in [0.29, 0.717) is 6.42 Å². The summed E-state index contributed by atoms with van der Waals surface area (Å²) in [7, 11) is 0. The number of carbonyl (C=O) groups excluding carboxylic acids is 4. The highest BCUT2D eigenvalue weighted by Gasteiger charge is 2.29. The van der Waals surface area contributed by atoms with Crippen molar-refractivity contribution in [3.05, 3.63) is 34.4 Å². The lowest BCUT2D eigenvalue weighted by molar-refractivity contribution is -0.384. The molecular weight excluding hydrogens is 516 g/mol.